The number of benzene rings is 2. The third-order valence-corrected chi connectivity index (χ3v) is 4.81. The van der Waals surface area contributed by atoms with E-state index in [1.54, 1.807) is 12.1 Å². The summed E-state index contributed by atoms with van der Waals surface area (Å²) in [5.74, 6) is 0.758. The highest BCUT2D eigenvalue weighted by molar-refractivity contribution is 5.68. The molecule has 0 saturated heterocycles. The topological polar surface area (TPSA) is 70.6 Å². The number of phenolic OH excluding ortho intramolecular Hbond substituents is 1. The van der Waals surface area contributed by atoms with Crippen molar-refractivity contribution in [2.45, 2.75) is 65.1 Å². The average molecular weight is 439 g/mol. The van der Waals surface area contributed by atoms with Gasteiger partial charge < -0.3 is 20.5 Å². The van der Waals surface area contributed by atoms with Crippen LogP contribution in [0.25, 0.3) is 6.08 Å². The van der Waals surface area contributed by atoms with Crippen LogP contribution in [-0.4, -0.2) is 35.4 Å². The highest BCUT2D eigenvalue weighted by Crippen LogP contribution is 2.14. The Morgan fingerprint density at radius 1 is 1.06 bits per heavy atom. The maximum atomic E-state index is 12.4. The van der Waals surface area contributed by atoms with E-state index in [4.69, 9.17) is 4.74 Å². The smallest absolute Gasteiger partial charge is 0.407 e. The van der Waals surface area contributed by atoms with E-state index in [1.165, 1.54) is 0 Å². The largest absolute Gasteiger partial charge is 0.508 e. The monoisotopic (exact) mass is 438 g/mol. The first kappa shape index (κ1) is 25.5. The number of ether oxygens (including phenoxy) is 1. The molecule has 2 rings (SSSR count). The fraction of sp³-hybridized carbons (Fsp3) is 0.444. The van der Waals surface area contributed by atoms with Crippen molar-refractivity contribution in [2.24, 2.45) is 5.92 Å². The SMILES string of the molecule is CC(C)C[C@@H](/C=C/c1ccccc1)NC[C@H](Cc1ccc(O)cc1)NC(=O)OC(C)(C)C. The lowest BCUT2D eigenvalue weighted by molar-refractivity contribution is 0.0503. The number of carbonyl (C=O) groups is 1. The number of nitrogens with one attached hydrogen (secondary N) is 2. The Morgan fingerprint density at radius 2 is 1.72 bits per heavy atom. The summed E-state index contributed by atoms with van der Waals surface area (Å²) in [6, 6.07) is 17.3. The maximum Gasteiger partial charge on any atom is 0.407 e. The van der Waals surface area contributed by atoms with Gasteiger partial charge in [-0.05, 0) is 62.8 Å². The first-order valence-corrected chi connectivity index (χ1v) is 11.3. The number of amides is 1. The van der Waals surface area contributed by atoms with Crippen molar-refractivity contribution in [3.8, 4) is 5.75 Å². The van der Waals surface area contributed by atoms with Gasteiger partial charge in [0.25, 0.3) is 0 Å². The van der Waals surface area contributed by atoms with Crippen molar-refractivity contribution >= 4 is 12.2 Å². The highest BCUT2D eigenvalue weighted by atomic mass is 16.6. The summed E-state index contributed by atoms with van der Waals surface area (Å²) in [7, 11) is 0. The van der Waals surface area contributed by atoms with E-state index in [1.807, 2.05) is 51.1 Å². The summed E-state index contributed by atoms with van der Waals surface area (Å²) < 4.78 is 5.47. The number of hydrogen-bond donors (Lipinski definition) is 3. The number of aromatic hydroxyl groups is 1. The van der Waals surface area contributed by atoms with Crippen molar-refractivity contribution in [1.82, 2.24) is 10.6 Å². The highest BCUT2D eigenvalue weighted by Gasteiger charge is 2.20. The van der Waals surface area contributed by atoms with E-state index in [0.717, 1.165) is 17.5 Å². The van der Waals surface area contributed by atoms with Gasteiger partial charge in [0.2, 0.25) is 0 Å². The van der Waals surface area contributed by atoms with E-state index in [9.17, 15) is 9.90 Å². The molecule has 0 aliphatic carbocycles. The average Bonchev–Trinajstić information content (AvgIpc) is 2.70. The lowest BCUT2D eigenvalue weighted by Crippen LogP contribution is -2.47. The molecule has 0 bridgehead atoms. The van der Waals surface area contributed by atoms with Crippen molar-refractivity contribution in [1.29, 1.82) is 0 Å². The van der Waals surface area contributed by atoms with Crippen LogP contribution < -0.4 is 10.6 Å². The summed E-state index contributed by atoms with van der Waals surface area (Å²) in [5.41, 5.74) is 1.64. The molecule has 32 heavy (non-hydrogen) atoms. The van der Waals surface area contributed by atoms with Crippen molar-refractivity contribution in [2.75, 3.05) is 6.54 Å². The molecule has 0 unspecified atom stereocenters. The Labute approximate surface area is 192 Å². The summed E-state index contributed by atoms with van der Waals surface area (Å²) in [4.78, 5) is 12.4. The summed E-state index contributed by atoms with van der Waals surface area (Å²) in [5, 5.41) is 16.2. The fourth-order valence-electron chi connectivity index (χ4n) is 3.39. The van der Waals surface area contributed by atoms with Crippen molar-refractivity contribution in [3.05, 3.63) is 71.8 Å². The van der Waals surface area contributed by atoms with Gasteiger partial charge in [-0.1, -0.05) is 68.5 Å². The third-order valence-electron chi connectivity index (χ3n) is 4.81. The molecule has 174 valence electrons. The van der Waals surface area contributed by atoms with Gasteiger partial charge in [0.15, 0.2) is 0 Å². The lowest BCUT2D eigenvalue weighted by atomic mass is 10.0. The first-order chi connectivity index (χ1) is 15.1. The molecule has 5 heteroatoms. The van der Waals surface area contributed by atoms with E-state index < -0.39 is 11.7 Å². The second kappa shape index (κ2) is 12.3. The molecule has 0 heterocycles. The van der Waals surface area contributed by atoms with Crippen molar-refractivity contribution in [3.63, 3.8) is 0 Å². The van der Waals surface area contributed by atoms with Gasteiger partial charge in [-0.15, -0.1) is 0 Å². The van der Waals surface area contributed by atoms with Gasteiger partial charge in [0.05, 0.1) is 0 Å². The van der Waals surface area contributed by atoms with Gasteiger partial charge in [0.1, 0.15) is 11.4 Å². The normalized spacial score (nSPS) is 13.8. The molecule has 2 aromatic carbocycles. The number of rotatable bonds is 10. The first-order valence-electron chi connectivity index (χ1n) is 11.3. The second-order valence-corrected chi connectivity index (χ2v) is 9.63. The molecular weight excluding hydrogens is 400 g/mol. The third kappa shape index (κ3) is 10.5. The van der Waals surface area contributed by atoms with Gasteiger partial charge in [-0.25, -0.2) is 4.79 Å². The van der Waals surface area contributed by atoms with Gasteiger partial charge in [-0.2, -0.15) is 0 Å². The fourth-order valence-corrected chi connectivity index (χ4v) is 3.39. The molecule has 2 atom stereocenters. The standard InChI is InChI=1S/C27H38N2O3/c1-20(2)17-23(14-11-21-9-7-6-8-10-21)28-19-24(29-26(31)32-27(3,4)5)18-22-12-15-25(30)16-13-22/h6-16,20,23-24,28,30H,17-19H2,1-5H3,(H,29,31)/b14-11+/t23-,24+/m1/s1. The molecular formula is C27H38N2O3. The van der Waals surface area contributed by atoms with Crippen LogP contribution >= 0.6 is 0 Å². The molecule has 2 aromatic rings. The van der Waals surface area contributed by atoms with E-state index >= 15 is 0 Å². The van der Waals surface area contributed by atoms with Crippen LogP contribution in [0.2, 0.25) is 0 Å². The minimum Gasteiger partial charge on any atom is -0.508 e. The quantitative estimate of drug-likeness (QED) is 0.455. The zero-order valence-corrected chi connectivity index (χ0v) is 20.0. The zero-order chi connectivity index (χ0) is 23.6. The summed E-state index contributed by atoms with van der Waals surface area (Å²) >= 11 is 0. The van der Waals surface area contributed by atoms with Gasteiger partial charge >= 0.3 is 6.09 Å². The molecule has 0 fully saturated rings. The second-order valence-electron chi connectivity index (χ2n) is 9.63. The molecule has 1 amide bonds. The predicted octanol–water partition coefficient (Wildman–Crippen LogP) is 5.55. The lowest BCUT2D eigenvalue weighted by Gasteiger charge is -2.26. The minimum absolute atomic E-state index is 0.158. The Balaban J connectivity index is 2.08. The van der Waals surface area contributed by atoms with Crippen LogP contribution in [0.15, 0.2) is 60.7 Å². The summed E-state index contributed by atoms with van der Waals surface area (Å²) in [6.07, 6.45) is 5.52. The molecule has 3 N–H and O–H groups in total. The molecule has 0 aromatic heterocycles. The van der Waals surface area contributed by atoms with E-state index in [0.29, 0.717) is 18.9 Å². The Morgan fingerprint density at radius 3 is 2.31 bits per heavy atom. The minimum atomic E-state index is -0.556. The van der Waals surface area contributed by atoms with E-state index in [-0.39, 0.29) is 17.8 Å². The predicted molar refractivity (Wildman–Crippen MR) is 132 cm³/mol. The molecule has 0 saturated carbocycles. The van der Waals surface area contributed by atoms with Crippen LogP contribution in [0.4, 0.5) is 4.79 Å². The molecule has 0 radical (unpaired) electrons. The van der Waals surface area contributed by atoms with Crippen molar-refractivity contribution < 1.29 is 14.6 Å². The Bertz CT molecular complexity index is 839. The van der Waals surface area contributed by atoms with Gasteiger partial charge in [-0.3, -0.25) is 0 Å². The summed E-state index contributed by atoms with van der Waals surface area (Å²) in [6.45, 7) is 10.6. The number of hydrogen-bond acceptors (Lipinski definition) is 4. The van der Waals surface area contributed by atoms with E-state index in [2.05, 4.69) is 48.8 Å². The van der Waals surface area contributed by atoms with Gasteiger partial charge in [0, 0.05) is 18.6 Å². The Hall–Kier alpha value is -2.79. The molecule has 0 aliphatic rings. The van der Waals surface area contributed by atoms with Crippen LogP contribution in [0.1, 0.15) is 52.2 Å². The zero-order valence-electron chi connectivity index (χ0n) is 20.0. The molecule has 0 spiro atoms. The van der Waals surface area contributed by atoms with Crippen LogP contribution in [0.3, 0.4) is 0 Å². The Kier molecular flexibility index (Phi) is 9.79. The number of phenols is 1. The van der Waals surface area contributed by atoms with Crippen LogP contribution in [0, 0.1) is 5.92 Å². The van der Waals surface area contributed by atoms with Crippen LogP contribution in [0.5, 0.6) is 5.75 Å². The maximum absolute atomic E-state index is 12.4. The number of carbonyl (C=O) groups excluding carboxylic acids is 1. The molecule has 0 aliphatic heterocycles. The molecule has 5 nitrogen and oxygen atoms in total. The van der Waals surface area contributed by atoms with Crippen LogP contribution in [-0.2, 0) is 11.2 Å². The number of alkyl carbamates (subject to hydrolysis) is 1.